The van der Waals surface area contributed by atoms with Gasteiger partial charge in [0.25, 0.3) is 0 Å². The Hall–Kier alpha value is -1.08. The normalized spacial score (nSPS) is 21.2. The highest BCUT2D eigenvalue weighted by Gasteiger charge is 2.23. The van der Waals surface area contributed by atoms with Crippen molar-refractivity contribution in [3.05, 3.63) is 23.8 Å². The van der Waals surface area contributed by atoms with Gasteiger partial charge in [-0.05, 0) is 24.6 Å². The maximum Gasteiger partial charge on any atom is 0.237 e. The molecule has 0 fully saturated rings. The molecule has 0 bridgehead atoms. The molecule has 0 radical (unpaired) electrons. The van der Waals surface area contributed by atoms with Crippen LogP contribution >= 0.6 is 11.8 Å². The van der Waals surface area contributed by atoms with E-state index in [1.165, 1.54) is 0 Å². The number of rotatable bonds is 2. The zero-order valence-electron chi connectivity index (χ0n) is 8.86. The van der Waals surface area contributed by atoms with Gasteiger partial charge in [0.2, 0.25) is 5.91 Å². The van der Waals surface area contributed by atoms with Gasteiger partial charge in [-0.25, -0.2) is 5.43 Å². The quantitative estimate of drug-likeness (QED) is 0.343. The number of hydrazine groups is 1. The lowest BCUT2D eigenvalue weighted by atomic mass is 10.1. The highest BCUT2D eigenvalue weighted by molar-refractivity contribution is 8.00. The van der Waals surface area contributed by atoms with Crippen LogP contribution in [0.15, 0.2) is 23.1 Å². The van der Waals surface area contributed by atoms with E-state index in [2.05, 4.69) is 10.7 Å². The van der Waals surface area contributed by atoms with Crippen LogP contribution < -0.4 is 22.3 Å². The van der Waals surface area contributed by atoms with E-state index in [4.69, 9.17) is 11.6 Å². The molecule has 1 amide bonds. The fraction of sp³-hybridized carbons (Fsp3) is 0.300. The number of benzene rings is 1. The van der Waals surface area contributed by atoms with E-state index in [0.717, 1.165) is 16.1 Å². The topological polar surface area (TPSA) is 93.2 Å². The lowest BCUT2D eigenvalue weighted by Crippen LogP contribution is -2.34. The molecular formula is C10H14N4OS. The van der Waals surface area contributed by atoms with Crippen LogP contribution in [0.3, 0.4) is 0 Å². The van der Waals surface area contributed by atoms with Gasteiger partial charge in [0, 0.05) is 4.90 Å². The summed E-state index contributed by atoms with van der Waals surface area (Å²) in [5.41, 5.74) is 9.85. The third kappa shape index (κ3) is 2.05. The Morgan fingerprint density at radius 1 is 1.56 bits per heavy atom. The average molecular weight is 238 g/mol. The second-order valence-electron chi connectivity index (χ2n) is 3.65. The Bertz CT molecular complexity index is 423. The summed E-state index contributed by atoms with van der Waals surface area (Å²) in [6.07, 6.45) is -0.424. The van der Waals surface area contributed by atoms with Crippen molar-refractivity contribution in [1.29, 1.82) is 0 Å². The van der Waals surface area contributed by atoms with Gasteiger partial charge in [-0.1, -0.05) is 6.07 Å². The Morgan fingerprint density at radius 3 is 3.00 bits per heavy atom. The fourth-order valence-electron chi connectivity index (χ4n) is 1.52. The molecule has 1 aliphatic rings. The van der Waals surface area contributed by atoms with Crippen LogP contribution in [0, 0.1) is 0 Å². The van der Waals surface area contributed by atoms with E-state index in [0.29, 0.717) is 0 Å². The highest BCUT2D eigenvalue weighted by Crippen LogP contribution is 2.36. The first-order valence-electron chi connectivity index (χ1n) is 4.95. The molecule has 1 heterocycles. The van der Waals surface area contributed by atoms with Gasteiger partial charge >= 0.3 is 0 Å². The lowest BCUT2D eigenvalue weighted by molar-refractivity contribution is -0.115. The van der Waals surface area contributed by atoms with Gasteiger partial charge in [0.1, 0.15) is 0 Å². The van der Waals surface area contributed by atoms with Crippen LogP contribution in [0.1, 0.15) is 18.7 Å². The van der Waals surface area contributed by atoms with Crippen molar-refractivity contribution in [2.24, 2.45) is 11.6 Å². The fourth-order valence-corrected chi connectivity index (χ4v) is 2.45. The molecular weight excluding hydrogens is 224 g/mol. The van der Waals surface area contributed by atoms with Crippen molar-refractivity contribution in [1.82, 2.24) is 5.43 Å². The molecule has 2 unspecified atom stereocenters. The third-order valence-electron chi connectivity index (χ3n) is 2.47. The molecule has 6 N–H and O–H groups in total. The summed E-state index contributed by atoms with van der Waals surface area (Å²) in [5, 5.41) is 2.79. The van der Waals surface area contributed by atoms with Gasteiger partial charge in [-0.2, -0.15) is 0 Å². The van der Waals surface area contributed by atoms with E-state index < -0.39 is 6.17 Å². The van der Waals surface area contributed by atoms with Crippen LogP contribution in [-0.4, -0.2) is 11.2 Å². The zero-order chi connectivity index (χ0) is 11.7. The van der Waals surface area contributed by atoms with E-state index in [9.17, 15) is 4.79 Å². The summed E-state index contributed by atoms with van der Waals surface area (Å²) in [6.45, 7) is 1.88. The standard InChI is InChI=1S/C10H14N4OS/c1-5-10(15)13-7-4-6(9(11)14-12)2-3-8(7)16-5/h2-5,9,14H,11-12H2,1H3,(H,13,15). The predicted octanol–water partition coefficient (Wildman–Crippen LogP) is 0.540. The minimum Gasteiger partial charge on any atom is -0.324 e. The Kier molecular flexibility index (Phi) is 3.15. The van der Waals surface area contributed by atoms with Crippen LogP contribution in [0.2, 0.25) is 0 Å². The summed E-state index contributed by atoms with van der Waals surface area (Å²) in [5.74, 6) is 5.28. The van der Waals surface area contributed by atoms with E-state index in [1.807, 2.05) is 25.1 Å². The second-order valence-corrected chi connectivity index (χ2v) is 5.03. The van der Waals surface area contributed by atoms with Gasteiger partial charge in [0.05, 0.1) is 17.1 Å². The molecule has 0 spiro atoms. The summed E-state index contributed by atoms with van der Waals surface area (Å²) >= 11 is 1.54. The van der Waals surface area contributed by atoms with Crippen LogP contribution in [0.5, 0.6) is 0 Å². The van der Waals surface area contributed by atoms with E-state index in [1.54, 1.807) is 11.8 Å². The highest BCUT2D eigenvalue weighted by atomic mass is 32.2. The third-order valence-corrected chi connectivity index (χ3v) is 3.65. The molecule has 6 heteroatoms. The maximum absolute atomic E-state index is 11.5. The largest absolute Gasteiger partial charge is 0.324 e. The van der Waals surface area contributed by atoms with E-state index in [-0.39, 0.29) is 11.2 Å². The Balaban J connectivity index is 2.32. The molecule has 0 saturated carbocycles. The van der Waals surface area contributed by atoms with Gasteiger partial charge in [0.15, 0.2) is 0 Å². The van der Waals surface area contributed by atoms with Crippen molar-refractivity contribution < 1.29 is 4.79 Å². The van der Waals surface area contributed by atoms with E-state index >= 15 is 0 Å². The number of nitrogens with one attached hydrogen (secondary N) is 2. The number of carbonyl (C=O) groups excluding carboxylic acids is 1. The first-order valence-corrected chi connectivity index (χ1v) is 5.83. The zero-order valence-corrected chi connectivity index (χ0v) is 9.67. The first kappa shape index (κ1) is 11.4. The summed E-state index contributed by atoms with van der Waals surface area (Å²) < 4.78 is 0. The van der Waals surface area contributed by atoms with Crippen molar-refractivity contribution >= 4 is 23.4 Å². The number of fused-ring (bicyclic) bond motifs is 1. The molecule has 1 aromatic carbocycles. The Morgan fingerprint density at radius 2 is 2.31 bits per heavy atom. The monoisotopic (exact) mass is 238 g/mol. The van der Waals surface area contributed by atoms with Crippen molar-refractivity contribution in [3.63, 3.8) is 0 Å². The van der Waals surface area contributed by atoms with Crippen molar-refractivity contribution in [3.8, 4) is 0 Å². The van der Waals surface area contributed by atoms with Crippen LogP contribution in [0.4, 0.5) is 5.69 Å². The molecule has 0 aliphatic carbocycles. The minimum atomic E-state index is -0.424. The van der Waals surface area contributed by atoms with Crippen molar-refractivity contribution in [2.45, 2.75) is 23.2 Å². The Labute approximate surface area is 97.9 Å². The summed E-state index contributed by atoms with van der Waals surface area (Å²) in [6, 6.07) is 5.69. The molecule has 16 heavy (non-hydrogen) atoms. The summed E-state index contributed by atoms with van der Waals surface area (Å²) in [7, 11) is 0. The van der Waals surface area contributed by atoms with Crippen LogP contribution in [0.25, 0.3) is 0 Å². The smallest absolute Gasteiger partial charge is 0.237 e. The number of nitrogens with two attached hydrogens (primary N) is 2. The molecule has 1 aliphatic heterocycles. The summed E-state index contributed by atoms with van der Waals surface area (Å²) in [4.78, 5) is 12.6. The average Bonchev–Trinajstić information content (AvgIpc) is 2.29. The molecule has 1 aromatic rings. The van der Waals surface area contributed by atoms with Gasteiger partial charge in [-0.15, -0.1) is 11.8 Å². The molecule has 2 atom stereocenters. The second kappa shape index (κ2) is 4.42. The molecule has 86 valence electrons. The number of anilines is 1. The lowest BCUT2D eigenvalue weighted by Gasteiger charge is -2.22. The molecule has 2 rings (SSSR count). The number of thioether (sulfide) groups is 1. The minimum absolute atomic E-state index is 0.0175. The number of hydrogen-bond acceptors (Lipinski definition) is 5. The van der Waals surface area contributed by atoms with Crippen LogP contribution in [-0.2, 0) is 4.79 Å². The predicted molar refractivity (Wildman–Crippen MR) is 64.6 cm³/mol. The van der Waals surface area contributed by atoms with Crippen molar-refractivity contribution in [2.75, 3.05) is 5.32 Å². The van der Waals surface area contributed by atoms with Gasteiger partial charge in [-0.3, -0.25) is 10.6 Å². The maximum atomic E-state index is 11.5. The first-order chi connectivity index (χ1) is 7.61. The molecule has 0 saturated heterocycles. The molecule has 5 nitrogen and oxygen atoms in total. The van der Waals surface area contributed by atoms with Gasteiger partial charge < -0.3 is 11.1 Å². The number of amides is 1. The SMILES string of the molecule is CC1Sc2ccc(C(N)NN)cc2NC1=O. The molecule has 0 aromatic heterocycles. The number of hydrogen-bond donors (Lipinski definition) is 4. The number of carbonyl (C=O) groups is 1.